The first kappa shape index (κ1) is 13.8. The molecule has 2 heterocycles. The number of fused-ring (bicyclic) bond motifs is 1. The highest BCUT2D eigenvalue weighted by atomic mass is 16.7. The predicted octanol–water partition coefficient (Wildman–Crippen LogP) is 3.06. The van der Waals surface area contributed by atoms with E-state index in [0.29, 0.717) is 12.8 Å². The Labute approximate surface area is 124 Å². The fraction of sp³-hybridized carbons (Fsp3) is 0.438. The Morgan fingerprint density at radius 1 is 1.33 bits per heavy atom. The van der Waals surface area contributed by atoms with Crippen LogP contribution in [0.25, 0.3) is 0 Å². The maximum absolute atomic E-state index is 5.41. The zero-order chi connectivity index (χ0) is 14.7. The molecule has 1 aromatic carbocycles. The summed E-state index contributed by atoms with van der Waals surface area (Å²) in [6, 6.07) is 6.56. The van der Waals surface area contributed by atoms with Crippen molar-refractivity contribution in [2.24, 2.45) is 0 Å². The molecule has 1 N–H and O–H groups in total. The van der Waals surface area contributed by atoms with Gasteiger partial charge in [-0.05, 0) is 44.4 Å². The van der Waals surface area contributed by atoms with E-state index in [0.717, 1.165) is 36.6 Å². The summed E-state index contributed by atoms with van der Waals surface area (Å²) in [7, 11) is 0. The highest BCUT2D eigenvalue weighted by molar-refractivity contribution is 5.44. The third kappa shape index (κ3) is 3.29. The number of ether oxygens (including phenoxy) is 2. The van der Waals surface area contributed by atoms with Crippen molar-refractivity contribution in [2.45, 2.75) is 39.3 Å². The van der Waals surface area contributed by atoms with Crippen LogP contribution in [0.5, 0.6) is 11.5 Å². The molecule has 1 aliphatic rings. The molecule has 0 saturated carbocycles. The summed E-state index contributed by atoms with van der Waals surface area (Å²) in [6.07, 6.45) is 5.97. The van der Waals surface area contributed by atoms with Crippen LogP contribution in [0.15, 0.2) is 30.6 Å². The fourth-order valence-corrected chi connectivity index (χ4v) is 2.45. The van der Waals surface area contributed by atoms with Gasteiger partial charge in [-0.15, -0.1) is 0 Å². The molecular formula is C16H21N3O2. The normalized spacial score (nSPS) is 14.2. The minimum atomic E-state index is 0.332. The van der Waals surface area contributed by atoms with Crippen molar-refractivity contribution < 1.29 is 9.47 Å². The molecule has 112 valence electrons. The first-order chi connectivity index (χ1) is 10.2. The average molecular weight is 287 g/mol. The second-order valence-electron chi connectivity index (χ2n) is 5.36. The minimum absolute atomic E-state index is 0.332. The Morgan fingerprint density at radius 3 is 3.00 bits per heavy atom. The Morgan fingerprint density at radius 2 is 2.19 bits per heavy atom. The maximum Gasteiger partial charge on any atom is 0.231 e. The van der Waals surface area contributed by atoms with Gasteiger partial charge in [-0.1, -0.05) is 6.07 Å². The van der Waals surface area contributed by atoms with Crippen LogP contribution in [-0.2, 0) is 13.0 Å². The van der Waals surface area contributed by atoms with Gasteiger partial charge in [0.05, 0.1) is 11.9 Å². The van der Waals surface area contributed by atoms with Crippen LogP contribution in [0.3, 0.4) is 0 Å². The van der Waals surface area contributed by atoms with Crippen LogP contribution in [0.4, 0.5) is 5.69 Å². The Bertz CT molecular complexity index is 609. The number of nitrogens with one attached hydrogen (secondary N) is 1. The summed E-state index contributed by atoms with van der Waals surface area (Å²) in [6.45, 7) is 5.50. The van der Waals surface area contributed by atoms with Crippen molar-refractivity contribution in [1.29, 1.82) is 0 Å². The van der Waals surface area contributed by atoms with Gasteiger partial charge in [-0.2, -0.15) is 5.10 Å². The predicted molar refractivity (Wildman–Crippen MR) is 81.9 cm³/mol. The highest BCUT2D eigenvalue weighted by Gasteiger charge is 2.13. The summed E-state index contributed by atoms with van der Waals surface area (Å²) in [5.74, 6) is 1.70. The third-order valence-electron chi connectivity index (χ3n) is 3.67. The molecule has 0 amide bonds. The van der Waals surface area contributed by atoms with Crippen LogP contribution >= 0.6 is 0 Å². The number of anilines is 1. The van der Waals surface area contributed by atoms with Gasteiger partial charge in [0.2, 0.25) is 6.79 Å². The lowest BCUT2D eigenvalue weighted by atomic mass is 10.1. The lowest BCUT2D eigenvalue weighted by molar-refractivity contribution is 0.174. The quantitative estimate of drug-likeness (QED) is 0.887. The molecule has 0 bridgehead atoms. The van der Waals surface area contributed by atoms with Crippen LogP contribution < -0.4 is 14.8 Å². The molecule has 0 fully saturated rings. The largest absolute Gasteiger partial charge is 0.454 e. The van der Waals surface area contributed by atoms with E-state index >= 15 is 0 Å². The topological polar surface area (TPSA) is 48.3 Å². The molecule has 0 radical (unpaired) electrons. The van der Waals surface area contributed by atoms with E-state index in [1.54, 1.807) is 0 Å². The molecule has 1 atom stereocenters. The highest BCUT2D eigenvalue weighted by Crippen LogP contribution is 2.32. The van der Waals surface area contributed by atoms with Crippen molar-refractivity contribution in [3.8, 4) is 11.5 Å². The summed E-state index contributed by atoms with van der Waals surface area (Å²) < 4.78 is 12.7. The summed E-state index contributed by atoms with van der Waals surface area (Å²) in [5, 5.41) is 7.75. The molecule has 1 aliphatic heterocycles. The van der Waals surface area contributed by atoms with Gasteiger partial charge in [0.1, 0.15) is 0 Å². The van der Waals surface area contributed by atoms with Crippen LogP contribution in [0.2, 0.25) is 0 Å². The van der Waals surface area contributed by atoms with Crippen molar-refractivity contribution in [2.75, 3.05) is 12.1 Å². The van der Waals surface area contributed by atoms with Gasteiger partial charge in [0, 0.05) is 18.8 Å². The van der Waals surface area contributed by atoms with E-state index in [-0.39, 0.29) is 0 Å². The summed E-state index contributed by atoms with van der Waals surface area (Å²) in [5.41, 5.74) is 2.35. The number of benzene rings is 1. The van der Waals surface area contributed by atoms with Crippen molar-refractivity contribution in [3.05, 3.63) is 36.2 Å². The number of rotatable bonds is 6. The fourth-order valence-electron chi connectivity index (χ4n) is 2.45. The Kier molecular flexibility index (Phi) is 3.99. The van der Waals surface area contributed by atoms with Crippen molar-refractivity contribution >= 4 is 5.69 Å². The van der Waals surface area contributed by atoms with E-state index in [1.807, 2.05) is 23.1 Å². The number of nitrogens with zero attached hydrogens (tertiary/aromatic N) is 2. The minimum Gasteiger partial charge on any atom is -0.454 e. The zero-order valence-corrected chi connectivity index (χ0v) is 12.5. The van der Waals surface area contributed by atoms with Crippen LogP contribution in [-0.4, -0.2) is 22.6 Å². The maximum atomic E-state index is 5.41. The average Bonchev–Trinajstić information content (AvgIpc) is 3.13. The van der Waals surface area contributed by atoms with E-state index < -0.39 is 0 Å². The molecule has 2 aromatic rings. The smallest absolute Gasteiger partial charge is 0.231 e. The van der Waals surface area contributed by atoms with Gasteiger partial charge in [0.25, 0.3) is 0 Å². The van der Waals surface area contributed by atoms with Gasteiger partial charge < -0.3 is 14.8 Å². The molecule has 3 rings (SSSR count). The van der Waals surface area contributed by atoms with Crippen LogP contribution in [0, 0.1) is 0 Å². The molecule has 0 aliphatic carbocycles. The van der Waals surface area contributed by atoms with Gasteiger partial charge in [-0.3, -0.25) is 4.68 Å². The molecule has 5 heteroatoms. The Hall–Kier alpha value is -2.17. The first-order valence-electron chi connectivity index (χ1n) is 7.42. The SMILES string of the molecule is CCn1cc(NC(C)CCc2ccc3c(c2)OCO3)cn1. The van der Waals surface area contributed by atoms with Crippen molar-refractivity contribution in [1.82, 2.24) is 9.78 Å². The second-order valence-corrected chi connectivity index (χ2v) is 5.36. The number of hydrogen-bond donors (Lipinski definition) is 1. The molecule has 1 unspecified atom stereocenters. The van der Waals surface area contributed by atoms with E-state index in [9.17, 15) is 0 Å². The van der Waals surface area contributed by atoms with Crippen LogP contribution in [0.1, 0.15) is 25.8 Å². The number of aromatic nitrogens is 2. The van der Waals surface area contributed by atoms with Gasteiger partial charge in [0.15, 0.2) is 11.5 Å². The molecular weight excluding hydrogens is 266 g/mol. The van der Waals surface area contributed by atoms with E-state index in [4.69, 9.17) is 9.47 Å². The zero-order valence-electron chi connectivity index (χ0n) is 12.5. The lowest BCUT2D eigenvalue weighted by Crippen LogP contribution is -2.15. The van der Waals surface area contributed by atoms with Gasteiger partial charge in [-0.25, -0.2) is 0 Å². The monoisotopic (exact) mass is 287 g/mol. The first-order valence-corrected chi connectivity index (χ1v) is 7.42. The summed E-state index contributed by atoms with van der Waals surface area (Å²) >= 11 is 0. The standard InChI is InChI=1S/C16H21N3O2/c1-3-19-10-14(9-17-19)18-12(2)4-5-13-6-7-15-16(8-13)21-11-20-15/h6-10,12,18H,3-5,11H2,1-2H3. The van der Waals surface area contributed by atoms with Crippen molar-refractivity contribution in [3.63, 3.8) is 0 Å². The third-order valence-corrected chi connectivity index (χ3v) is 3.67. The number of hydrogen-bond acceptors (Lipinski definition) is 4. The molecule has 0 spiro atoms. The Balaban J connectivity index is 1.52. The lowest BCUT2D eigenvalue weighted by Gasteiger charge is -2.13. The number of aryl methyl sites for hydroxylation is 2. The molecule has 1 aromatic heterocycles. The molecule has 21 heavy (non-hydrogen) atoms. The second kappa shape index (κ2) is 6.08. The summed E-state index contributed by atoms with van der Waals surface area (Å²) in [4.78, 5) is 0. The van der Waals surface area contributed by atoms with Gasteiger partial charge >= 0.3 is 0 Å². The van der Waals surface area contributed by atoms with E-state index in [1.165, 1.54) is 5.56 Å². The van der Waals surface area contributed by atoms with E-state index in [2.05, 4.69) is 36.4 Å². The molecule has 0 saturated heterocycles. The molecule has 5 nitrogen and oxygen atoms in total.